The quantitative estimate of drug-likeness (QED) is 0.823. The lowest BCUT2D eigenvalue weighted by molar-refractivity contribution is 0.686. The molecule has 0 amide bonds. The molecule has 0 saturated carbocycles. The van der Waals surface area contributed by atoms with Crippen molar-refractivity contribution in [1.82, 2.24) is 20.2 Å². The number of hydrogen-bond acceptors (Lipinski definition) is 4. The monoisotopic (exact) mass is 217 g/mol. The van der Waals surface area contributed by atoms with E-state index in [-0.39, 0.29) is 6.04 Å². The van der Waals surface area contributed by atoms with Crippen LogP contribution in [0.3, 0.4) is 0 Å². The Kier molecular flexibility index (Phi) is 2.70. The first kappa shape index (κ1) is 10.8. The fourth-order valence-electron chi connectivity index (χ4n) is 1.60. The fraction of sp³-hybridized carbons (Fsp3) is 0.364. The zero-order chi connectivity index (χ0) is 11.7. The number of hydrogen-bond donors (Lipinski definition) is 1. The molecule has 1 aromatic carbocycles. The van der Waals surface area contributed by atoms with Crippen molar-refractivity contribution >= 4 is 0 Å². The summed E-state index contributed by atoms with van der Waals surface area (Å²) < 4.78 is 1.70. The first-order valence-electron chi connectivity index (χ1n) is 5.21. The van der Waals surface area contributed by atoms with Gasteiger partial charge >= 0.3 is 0 Å². The molecule has 2 N–H and O–H groups in total. The highest BCUT2D eigenvalue weighted by Crippen LogP contribution is 2.17. The van der Waals surface area contributed by atoms with Crippen molar-refractivity contribution < 1.29 is 0 Å². The second-order valence-electron chi connectivity index (χ2n) is 4.03. The van der Waals surface area contributed by atoms with Crippen LogP contribution in [-0.2, 0) is 0 Å². The third kappa shape index (κ3) is 1.81. The number of tetrazole rings is 1. The van der Waals surface area contributed by atoms with Gasteiger partial charge in [-0.2, -0.15) is 4.68 Å². The zero-order valence-electron chi connectivity index (χ0n) is 9.68. The molecule has 0 aliphatic rings. The van der Waals surface area contributed by atoms with E-state index < -0.39 is 0 Å². The summed E-state index contributed by atoms with van der Waals surface area (Å²) in [5.74, 6) is 0.675. The summed E-state index contributed by atoms with van der Waals surface area (Å²) in [6, 6.07) is 5.98. The van der Waals surface area contributed by atoms with Crippen molar-refractivity contribution in [3.05, 3.63) is 35.2 Å². The summed E-state index contributed by atoms with van der Waals surface area (Å²) in [7, 11) is 0. The van der Waals surface area contributed by atoms with Crippen LogP contribution in [0, 0.1) is 13.8 Å². The normalized spacial score (nSPS) is 12.8. The molecule has 2 aromatic rings. The van der Waals surface area contributed by atoms with E-state index in [2.05, 4.69) is 33.7 Å². The molecule has 0 fully saturated rings. The molecule has 0 aliphatic carbocycles. The van der Waals surface area contributed by atoms with Crippen LogP contribution in [0.4, 0.5) is 0 Å². The average molecular weight is 217 g/mol. The molecule has 1 unspecified atom stereocenters. The molecule has 0 radical (unpaired) electrons. The number of aromatic nitrogens is 4. The zero-order valence-corrected chi connectivity index (χ0v) is 9.68. The summed E-state index contributed by atoms with van der Waals surface area (Å²) in [5, 5.41) is 11.6. The van der Waals surface area contributed by atoms with Crippen LogP contribution in [-0.4, -0.2) is 20.2 Å². The molecule has 0 saturated heterocycles. The van der Waals surface area contributed by atoms with Gasteiger partial charge < -0.3 is 5.73 Å². The first-order valence-corrected chi connectivity index (χ1v) is 5.21. The maximum absolute atomic E-state index is 5.82. The number of aryl methyl sites for hydroxylation is 2. The highest BCUT2D eigenvalue weighted by atomic mass is 15.5. The molecule has 2 rings (SSSR count). The minimum absolute atomic E-state index is 0.185. The van der Waals surface area contributed by atoms with Crippen molar-refractivity contribution in [1.29, 1.82) is 0 Å². The second-order valence-corrected chi connectivity index (χ2v) is 4.03. The van der Waals surface area contributed by atoms with E-state index in [1.807, 2.05) is 20.8 Å². The highest BCUT2D eigenvalue weighted by Gasteiger charge is 2.13. The summed E-state index contributed by atoms with van der Waals surface area (Å²) >= 11 is 0. The molecule has 1 heterocycles. The van der Waals surface area contributed by atoms with Crippen molar-refractivity contribution in [3.63, 3.8) is 0 Å². The van der Waals surface area contributed by atoms with Crippen LogP contribution in [0.1, 0.15) is 29.9 Å². The topological polar surface area (TPSA) is 69.6 Å². The Bertz CT molecular complexity index is 501. The molecule has 0 spiro atoms. The summed E-state index contributed by atoms with van der Waals surface area (Å²) in [6.07, 6.45) is 0. The molecule has 5 heteroatoms. The Labute approximate surface area is 94.3 Å². The lowest BCUT2D eigenvalue weighted by atomic mass is 10.1. The van der Waals surface area contributed by atoms with Gasteiger partial charge in [-0.1, -0.05) is 12.1 Å². The van der Waals surface area contributed by atoms with Crippen molar-refractivity contribution in [2.45, 2.75) is 26.8 Å². The summed E-state index contributed by atoms with van der Waals surface area (Å²) in [4.78, 5) is 0. The number of nitrogens with zero attached hydrogens (tertiary/aromatic N) is 4. The Morgan fingerprint density at radius 2 is 2.06 bits per heavy atom. The van der Waals surface area contributed by atoms with Crippen LogP contribution in [0.25, 0.3) is 5.69 Å². The lowest BCUT2D eigenvalue weighted by Gasteiger charge is -2.10. The van der Waals surface area contributed by atoms with Gasteiger partial charge in [-0.25, -0.2) is 0 Å². The minimum Gasteiger partial charge on any atom is -0.321 e. The SMILES string of the molecule is Cc1ccc(C)c(-n2nnnc2C(C)N)c1. The lowest BCUT2D eigenvalue weighted by Crippen LogP contribution is -2.14. The largest absolute Gasteiger partial charge is 0.321 e. The smallest absolute Gasteiger partial charge is 0.173 e. The highest BCUT2D eigenvalue weighted by molar-refractivity contribution is 5.42. The molecule has 0 aliphatic heterocycles. The van der Waals surface area contributed by atoms with Crippen molar-refractivity contribution in [2.75, 3.05) is 0 Å². The van der Waals surface area contributed by atoms with Crippen molar-refractivity contribution in [3.8, 4) is 5.69 Å². The molecule has 16 heavy (non-hydrogen) atoms. The number of rotatable bonds is 2. The Hall–Kier alpha value is -1.75. The maximum atomic E-state index is 5.82. The standard InChI is InChI=1S/C11H15N5/c1-7-4-5-8(2)10(6-7)16-11(9(3)12)13-14-15-16/h4-6,9H,12H2,1-3H3. The van der Waals surface area contributed by atoms with E-state index in [1.54, 1.807) is 4.68 Å². The molecule has 0 bridgehead atoms. The van der Waals surface area contributed by atoms with Gasteiger partial charge in [0.05, 0.1) is 11.7 Å². The van der Waals surface area contributed by atoms with Crippen LogP contribution in [0.2, 0.25) is 0 Å². The van der Waals surface area contributed by atoms with Gasteiger partial charge in [0.2, 0.25) is 0 Å². The van der Waals surface area contributed by atoms with Gasteiger partial charge in [-0.3, -0.25) is 0 Å². The predicted octanol–water partition coefficient (Wildman–Crippen LogP) is 1.30. The first-order chi connectivity index (χ1) is 7.59. The summed E-state index contributed by atoms with van der Waals surface area (Å²) in [5.41, 5.74) is 9.10. The molecular weight excluding hydrogens is 202 g/mol. The van der Waals surface area contributed by atoms with E-state index in [4.69, 9.17) is 5.73 Å². The van der Waals surface area contributed by atoms with Gasteiger partial charge in [-0.15, -0.1) is 5.10 Å². The molecule has 1 atom stereocenters. The van der Waals surface area contributed by atoms with Crippen LogP contribution in [0.5, 0.6) is 0 Å². The molecule has 5 nitrogen and oxygen atoms in total. The third-order valence-electron chi connectivity index (χ3n) is 2.49. The van der Waals surface area contributed by atoms with Crippen molar-refractivity contribution in [2.24, 2.45) is 5.73 Å². The predicted molar refractivity (Wildman–Crippen MR) is 61.2 cm³/mol. The van der Waals surface area contributed by atoms with E-state index in [1.165, 1.54) is 5.56 Å². The minimum atomic E-state index is -0.185. The van der Waals surface area contributed by atoms with Crippen LogP contribution in [0.15, 0.2) is 18.2 Å². The van der Waals surface area contributed by atoms with Gasteiger partial charge in [0.15, 0.2) is 5.82 Å². The summed E-state index contributed by atoms with van der Waals surface area (Å²) in [6.45, 7) is 5.94. The van der Waals surface area contributed by atoms with E-state index >= 15 is 0 Å². The Morgan fingerprint density at radius 3 is 2.75 bits per heavy atom. The third-order valence-corrected chi connectivity index (χ3v) is 2.49. The van der Waals surface area contributed by atoms with Crippen LogP contribution >= 0.6 is 0 Å². The molecular formula is C11H15N5. The van der Waals surface area contributed by atoms with E-state index in [0.29, 0.717) is 5.82 Å². The van der Waals surface area contributed by atoms with Gasteiger partial charge in [-0.05, 0) is 48.4 Å². The van der Waals surface area contributed by atoms with Crippen LogP contribution < -0.4 is 5.73 Å². The average Bonchev–Trinajstić information content (AvgIpc) is 2.70. The van der Waals surface area contributed by atoms with Gasteiger partial charge in [0, 0.05) is 0 Å². The maximum Gasteiger partial charge on any atom is 0.173 e. The number of nitrogens with two attached hydrogens (primary N) is 1. The fourth-order valence-corrected chi connectivity index (χ4v) is 1.60. The second kappa shape index (κ2) is 4.02. The number of benzene rings is 1. The molecule has 1 aromatic heterocycles. The van der Waals surface area contributed by atoms with Gasteiger partial charge in [0.25, 0.3) is 0 Å². The van der Waals surface area contributed by atoms with Gasteiger partial charge in [0.1, 0.15) is 0 Å². The molecule has 84 valence electrons. The Morgan fingerprint density at radius 1 is 1.31 bits per heavy atom. The van der Waals surface area contributed by atoms with E-state index in [0.717, 1.165) is 11.3 Å². The Balaban J connectivity index is 2.58. The van der Waals surface area contributed by atoms with E-state index in [9.17, 15) is 0 Å².